The number of carbonyl (C=O) groups is 1. The molecule has 0 aromatic carbocycles. The van der Waals surface area contributed by atoms with Gasteiger partial charge in [-0.15, -0.1) is 0 Å². The first-order valence-electron chi connectivity index (χ1n) is 7.12. The molecule has 2 N–H and O–H groups in total. The van der Waals surface area contributed by atoms with Crippen molar-refractivity contribution < 1.29 is 9.53 Å². The van der Waals surface area contributed by atoms with Gasteiger partial charge in [0.15, 0.2) is 0 Å². The summed E-state index contributed by atoms with van der Waals surface area (Å²) in [4.78, 5) is 12.2. The van der Waals surface area contributed by atoms with Gasteiger partial charge < -0.3 is 10.5 Å². The molecule has 5 heteroatoms. The molecule has 0 aliphatic rings. The minimum Gasteiger partial charge on any atom is -0.465 e. The van der Waals surface area contributed by atoms with Gasteiger partial charge in [-0.1, -0.05) is 69.9 Å². The lowest BCUT2D eigenvalue weighted by molar-refractivity contribution is -0.146. The highest BCUT2D eigenvalue weighted by Crippen LogP contribution is 2.32. The van der Waals surface area contributed by atoms with Crippen molar-refractivity contribution in [3.05, 3.63) is 0 Å². The molecule has 112 valence electrons. The van der Waals surface area contributed by atoms with Crippen LogP contribution in [0.1, 0.15) is 65.7 Å². The zero-order valence-corrected chi connectivity index (χ0v) is 14.0. The minimum absolute atomic E-state index is 0.185. The summed E-state index contributed by atoms with van der Waals surface area (Å²) in [6.45, 7) is 6.63. The summed E-state index contributed by atoms with van der Waals surface area (Å²) >= 11 is 6.17. The number of unbranched alkanes of at least 4 members (excludes halogenated alkanes) is 4. The van der Waals surface area contributed by atoms with Crippen LogP contribution < -0.4 is 5.73 Å². The van der Waals surface area contributed by atoms with Crippen LogP contribution in [0.25, 0.3) is 0 Å². The summed E-state index contributed by atoms with van der Waals surface area (Å²) in [6, 6.07) is 0. The lowest BCUT2D eigenvalue weighted by atomic mass is 10.0. The second-order valence-corrected chi connectivity index (χ2v) is 7.20. The largest absolute Gasteiger partial charge is 0.465 e. The molecule has 0 saturated heterocycles. The van der Waals surface area contributed by atoms with Gasteiger partial charge in [-0.25, -0.2) is 0 Å². The van der Waals surface area contributed by atoms with Gasteiger partial charge in [0.05, 0.1) is 6.61 Å². The third-order valence-corrected chi connectivity index (χ3v) is 4.27. The molecule has 0 aromatic heterocycles. The Kier molecular flexibility index (Phi) is 10.3. The Bertz CT molecular complexity index is 285. The van der Waals surface area contributed by atoms with Crippen LogP contribution in [0.15, 0.2) is 0 Å². The average molecular weight is 306 g/mol. The third-order valence-electron chi connectivity index (χ3n) is 3.00. The standard InChI is InChI=1S/C14H27NO2S2/c1-4-6-8-9-11-17-12(16)14(3,10-7-5-2)19-13(15)18/h4-11H2,1-3H3,(H2,15,18). The molecular formula is C14H27NO2S2. The van der Waals surface area contributed by atoms with Gasteiger partial charge in [0, 0.05) is 0 Å². The van der Waals surface area contributed by atoms with Crippen LogP contribution >= 0.6 is 24.0 Å². The molecule has 0 amide bonds. The number of hydrogen-bond donors (Lipinski definition) is 1. The molecule has 0 saturated carbocycles. The maximum Gasteiger partial charge on any atom is 0.322 e. The molecular weight excluding hydrogens is 278 g/mol. The zero-order chi connectivity index (χ0) is 14.7. The Morgan fingerprint density at radius 2 is 1.84 bits per heavy atom. The first kappa shape index (κ1) is 18.7. The molecule has 3 nitrogen and oxygen atoms in total. The van der Waals surface area contributed by atoms with Crippen LogP contribution in [-0.4, -0.2) is 21.6 Å². The number of esters is 1. The molecule has 0 radical (unpaired) electrons. The summed E-state index contributed by atoms with van der Waals surface area (Å²) in [5.74, 6) is -0.185. The fraction of sp³-hybridized carbons (Fsp3) is 0.857. The minimum atomic E-state index is -0.632. The molecule has 1 unspecified atom stereocenters. The Morgan fingerprint density at radius 1 is 1.21 bits per heavy atom. The first-order chi connectivity index (χ1) is 8.96. The molecule has 0 aromatic rings. The molecule has 0 fully saturated rings. The molecule has 0 aliphatic heterocycles. The van der Waals surface area contributed by atoms with E-state index < -0.39 is 4.75 Å². The molecule has 1 atom stereocenters. The highest BCUT2D eigenvalue weighted by molar-refractivity contribution is 8.24. The zero-order valence-electron chi connectivity index (χ0n) is 12.4. The maximum absolute atomic E-state index is 12.2. The monoisotopic (exact) mass is 305 g/mol. The quantitative estimate of drug-likeness (QED) is 0.375. The second-order valence-electron chi connectivity index (χ2n) is 4.95. The highest BCUT2D eigenvalue weighted by atomic mass is 32.2. The van der Waals surface area contributed by atoms with E-state index in [4.69, 9.17) is 22.7 Å². The van der Waals surface area contributed by atoms with E-state index in [0.29, 0.717) is 10.9 Å². The van der Waals surface area contributed by atoms with Crippen molar-refractivity contribution in [2.45, 2.75) is 70.5 Å². The van der Waals surface area contributed by atoms with Crippen molar-refractivity contribution in [1.82, 2.24) is 0 Å². The SMILES string of the molecule is CCCCCCOC(=O)C(C)(CCCC)SC(N)=S. The average Bonchev–Trinajstić information content (AvgIpc) is 2.35. The van der Waals surface area contributed by atoms with Crippen LogP contribution in [0.3, 0.4) is 0 Å². The van der Waals surface area contributed by atoms with Gasteiger partial charge in [0.25, 0.3) is 0 Å². The number of rotatable bonds is 10. The van der Waals surface area contributed by atoms with E-state index in [9.17, 15) is 4.79 Å². The van der Waals surface area contributed by atoms with E-state index in [1.807, 2.05) is 6.92 Å². The van der Waals surface area contributed by atoms with Gasteiger partial charge in [-0.2, -0.15) is 0 Å². The van der Waals surface area contributed by atoms with Crippen LogP contribution in [0.2, 0.25) is 0 Å². The highest BCUT2D eigenvalue weighted by Gasteiger charge is 2.36. The summed E-state index contributed by atoms with van der Waals surface area (Å²) in [5, 5.41) is 0. The van der Waals surface area contributed by atoms with E-state index in [-0.39, 0.29) is 5.97 Å². The molecule has 0 rings (SSSR count). The van der Waals surface area contributed by atoms with Crippen molar-refractivity contribution in [3.8, 4) is 0 Å². The van der Waals surface area contributed by atoms with Crippen molar-refractivity contribution >= 4 is 34.3 Å². The maximum atomic E-state index is 12.2. The van der Waals surface area contributed by atoms with E-state index in [2.05, 4.69) is 13.8 Å². The van der Waals surface area contributed by atoms with Crippen LogP contribution in [-0.2, 0) is 9.53 Å². The Hall–Kier alpha value is -0.290. The van der Waals surface area contributed by atoms with E-state index in [1.165, 1.54) is 24.6 Å². The molecule has 0 spiro atoms. The predicted octanol–water partition coefficient (Wildman–Crippen LogP) is 4.04. The lowest BCUT2D eigenvalue weighted by Crippen LogP contribution is -2.36. The molecule has 19 heavy (non-hydrogen) atoms. The topological polar surface area (TPSA) is 52.3 Å². The molecule has 0 bridgehead atoms. The smallest absolute Gasteiger partial charge is 0.322 e. The number of carbonyl (C=O) groups excluding carboxylic acids is 1. The summed E-state index contributed by atoms with van der Waals surface area (Å²) in [6.07, 6.45) is 7.17. The lowest BCUT2D eigenvalue weighted by Gasteiger charge is -2.26. The molecule has 0 aliphatic carbocycles. The number of thiocarbonyl (C=S) groups is 1. The summed E-state index contributed by atoms with van der Waals surface area (Å²) < 4.78 is 5.05. The summed E-state index contributed by atoms with van der Waals surface area (Å²) in [5.41, 5.74) is 5.57. The van der Waals surface area contributed by atoms with E-state index in [0.717, 1.165) is 32.1 Å². The number of ether oxygens (including phenoxy) is 1. The number of hydrogen-bond acceptors (Lipinski definition) is 4. The van der Waals surface area contributed by atoms with Gasteiger partial charge >= 0.3 is 5.97 Å². The van der Waals surface area contributed by atoms with Gasteiger partial charge in [-0.05, 0) is 19.8 Å². The van der Waals surface area contributed by atoms with Crippen molar-refractivity contribution in [1.29, 1.82) is 0 Å². The fourth-order valence-electron chi connectivity index (χ4n) is 1.78. The summed E-state index contributed by atoms with van der Waals surface area (Å²) in [7, 11) is 0. The van der Waals surface area contributed by atoms with Crippen LogP contribution in [0.4, 0.5) is 0 Å². The third kappa shape index (κ3) is 8.47. The van der Waals surface area contributed by atoms with Crippen LogP contribution in [0.5, 0.6) is 0 Å². The predicted molar refractivity (Wildman–Crippen MR) is 87.4 cm³/mol. The number of nitrogens with two attached hydrogens (primary N) is 1. The Balaban J connectivity index is 4.25. The van der Waals surface area contributed by atoms with Crippen LogP contribution in [0, 0.1) is 0 Å². The Morgan fingerprint density at radius 3 is 2.37 bits per heavy atom. The van der Waals surface area contributed by atoms with Crippen molar-refractivity contribution in [2.24, 2.45) is 5.73 Å². The van der Waals surface area contributed by atoms with Gasteiger partial charge in [-0.3, -0.25) is 4.79 Å². The number of thioether (sulfide) groups is 1. The fourth-order valence-corrected chi connectivity index (χ4v) is 3.16. The normalized spacial score (nSPS) is 13.8. The van der Waals surface area contributed by atoms with Gasteiger partial charge in [0.2, 0.25) is 0 Å². The van der Waals surface area contributed by atoms with E-state index in [1.54, 1.807) is 0 Å². The van der Waals surface area contributed by atoms with Crippen molar-refractivity contribution in [3.63, 3.8) is 0 Å². The molecule has 0 heterocycles. The first-order valence-corrected chi connectivity index (χ1v) is 8.34. The van der Waals surface area contributed by atoms with Crippen molar-refractivity contribution in [2.75, 3.05) is 6.61 Å². The van der Waals surface area contributed by atoms with E-state index >= 15 is 0 Å². The second kappa shape index (κ2) is 10.5. The Labute approximate surface area is 127 Å². The van der Waals surface area contributed by atoms with Gasteiger partial charge in [0.1, 0.15) is 9.07 Å².